The smallest absolute Gasteiger partial charge is 0.326 e. The number of rotatable bonds is 11. The number of para-hydroxylation sites is 3. The van der Waals surface area contributed by atoms with Crippen LogP contribution in [0.15, 0.2) is 77.6 Å². The van der Waals surface area contributed by atoms with Crippen molar-refractivity contribution in [3.05, 3.63) is 100.0 Å². The van der Waals surface area contributed by atoms with Gasteiger partial charge in [-0.1, -0.05) is 42.5 Å². The zero-order valence-electron chi connectivity index (χ0n) is 23.6. The van der Waals surface area contributed by atoms with Crippen LogP contribution in [-0.4, -0.2) is 64.6 Å². The largest absolute Gasteiger partial charge is 0.492 e. The number of hydrogen-bond donors (Lipinski definition) is 1. The molecule has 0 spiro atoms. The molecule has 1 N–H and O–H groups in total. The van der Waals surface area contributed by atoms with Gasteiger partial charge in [0, 0.05) is 44.3 Å². The molecule has 3 aromatic carbocycles. The third-order valence-electron chi connectivity index (χ3n) is 8.12. The fourth-order valence-electron chi connectivity index (χ4n) is 5.76. The Morgan fingerprint density at radius 2 is 1.62 bits per heavy atom. The second-order valence-electron chi connectivity index (χ2n) is 10.5. The molecule has 210 valence electrons. The van der Waals surface area contributed by atoms with E-state index in [1.807, 2.05) is 65.8 Å². The highest BCUT2D eigenvalue weighted by molar-refractivity contribution is 5.94. The standard InChI is InChI=1S/C33H40N4O3/c1-3-36(4-2)32(38)27-17-14-25(15-18-27)13-16-26-9-5-8-12-31(26)40-24-23-35-21-19-28(20-22-35)37-30-11-7-6-10-29(30)34-33(37)39/h5-12,14-15,17-18,28H,3-4,13,16,19-24H2,1-2H3,(H,34,39). The molecule has 7 nitrogen and oxygen atoms in total. The highest BCUT2D eigenvalue weighted by atomic mass is 16.5. The maximum atomic E-state index is 12.6. The first-order valence-corrected chi connectivity index (χ1v) is 14.6. The summed E-state index contributed by atoms with van der Waals surface area (Å²) in [5.41, 5.74) is 5.04. The van der Waals surface area contributed by atoms with E-state index in [1.54, 1.807) is 0 Å². The van der Waals surface area contributed by atoms with Crippen molar-refractivity contribution in [1.82, 2.24) is 19.4 Å². The minimum atomic E-state index is -0.0105. The highest BCUT2D eigenvalue weighted by Gasteiger charge is 2.23. The van der Waals surface area contributed by atoms with Crippen molar-refractivity contribution in [2.75, 3.05) is 39.3 Å². The number of aromatic nitrogens is 2. The van der Waals surface area contributed by atoms with E-state index in [4.69, 9.17) is 4.74 Å². The molecule has 0 radical (unpaired) electrons. The maximum absolute atomic E-state index is 12.6. The van der Waals surface area contributed by atoms with Crippen LogP contribution in [0.2, 0.25) is 0 Å². The number of hydrogen-bond acceptors (Lipinski definition) is 4. The number of carbonyl (C=O) groups is 1. The number of likely N-dealkylation sites (tertiary alicyclic amines) is 1. The van der Waals surface area contributed by atoms with E-state index < -0.39 is 0 Å². The second kappa shape index (κ2) is 13.0. The molecule has 1 aliphatic rings. The second-order valence-corrected chi connectivity index (χ2v) is 10.5. The van der Waals surface area contributed by atoms with Crippen LogP contribution in [0.5, 0.6) is 5.75 Å². The van der Waals surface area contributed by atoms with Crippen LogP contribution in [0.1, 0.15) is 54.2 Å². The first-order valence-electron chi connectivity index (χ1n) is 14.6. The molecule has 1 aromatic heterocycles. The number of nitrogens with zero attached hydrogens (tertiary/aromatic N) is 3. The number of imidazole rings is 1. The molecule has 1 saturated heterocycles. The van der Waals surface area contributed by atoms with Crippen molar-refractivity contribution in [1.29, 1.82) is 0 Å². The summed E-state index contributed by atoms with van der Waals surface area (Å²) in [5, 5.41) is 0. The summed E-state index contributed by atoms with van der Waals surface area (Å²) < 4.78 is 8.19. The summed E-state index contributed by atoms with van der Waals surface area (Å²) in [5.74, 6) is 1.03. The Morgan fingerprint density at radius 1 is 0.925 bits per heavy atom. The summed E-state index contributed by atoms with van der Waals surface area (Å²) in [6, 6.07) is 24.4. The summed E-state index contributed by atoms with van der Waals surface area (Å²) in [7, 11) is 0. The van der Waals surface area contributed by atoms with E-state index >= 15 is 0 Å². The molecule has 1 amide bonds. The molecule has 0 saturated carbocycles. The predicted octanol–water partition coefficient (Wildman–Crippen LogP) is 5.31. The van der Waals surface area contributed by atoms with Crippen LogP contribution >= 0.6 is 0 Å². The quantitative estimate of drug-likeness (QED) is 0.280. The van der Waals surface area contributed by atoms with Gasteiger partial charge in [0.1, 0.15) is 12.4 Å². The van der Waals surface area contributed by atoms with Crippen LogP contribution in [0.4, 0.5) is 0 Å². The number of nitrogens with one attached hydrogen (secondary N) is 1. The Kier molecular flexibility index (Phi) is 9.01. The summed E-state index contributed by atoms with van der Waals surface area (Å²) >= 11 is 0. The average Bonchev–Trinajstić information content (AvgIpc) is 3.33. The van der Waals surface area contributed by atoms with Gasteiger partial charge >= 0.3 is 5.69 Å². The lowest BCUT2D eigenvalue weighted by Gasteiger charge is -2.32. The van der Waals surface area contributed by atoms with Crippen molar-refractivity contribution in [2.45, 2.75) is 45.6 Å². The minimum Gasteiger partial charge on any atom is -0.492 e. The number of benzene rings is 3. The Balaban J connectivity index is 1.10. The molecule has 7 heteroatoms. The van der Waals surface area contributed by atoms with Crippen LogP contribution in [0.3, 0.4) is 0 Å². The normalized spacial score (nSPS) is 14.4. The molecular weight excluding hydrogens is 500 g/mol. The molecule has 1 fully saturated rings. The molecule has 0 bridgehead atoms. The molecule has 2 heterocycles. The number of H-pyrrole nitrogens is 1. The van der Waals surface area contributed by atoms with E-state index in [2.05, 4.69) is 40.2 Å². The van der Waals surface area contributed by atoms with E-state index in [1.165, 1.54) is 11.1 Å². The predicted molar refractivity (Wildman–Crippen MR) is 160 cm³/mol. The first-order chi connectivity index (χ1) is 19.6. The number of fused-ring (bicyclic) bond motifs is 1. The molecule has 5 rings (SSSR count). The van der Waals surface area contributed by atoms with Gasteiger partial charge < -0.3 is 14.6 Å². The molecule has 1 aliphatic heterocycles. The lowest BCUT2D eigenvalue weighted by Crippen LogP contribution is -2.38. The Morgan fingerprint density at radius 3 is 2.38 bits per heavy atom. The lowest BCUT2D eigenvalue weighted by molar-refractivity contribution is 0.0773. The van der Waals surface area contributed by atoms with Crippen molar-refractivity contribution in [3.8, 4) is 5.75 Å². The fraction of sp³-hybridized carbons (Fsp3) is 0.394. The SMILES string of the molecule is CCN(CC)C(=O)c1ccc(CCc2ccccc2OCCN2CCC(n3c(=O)[nH]c4ccccc43)CC2)cc1. The summed E-state index contributed by atoms with van der Waals surface area (Å²) in [6.45, 7) is 8.86. The van der Waals surface area contributed by atoms with Gasteiger partial charge in [0.25, 0.3) is 5.91 Å². The van der Waals surface area contributed by atoms with Gasteiger partial charge in [-0.05, 0) is 81.0 Å². The Hall–Kier alpha value is -3.84. The van der Waals surface area contributed by atoms with Gasteiger partial charge in [0.05, 0.1) is 11.0 Å². The maximum Gasteiger partial charge on any atom is 0.326 e. The molecule has 0 aliphatic carbocycles. The Labute approximate surface area is 236 Å². The fourth-order valence-corrected chi connectivity index (χ4v) is 5.76. The zero-order chi connectivity index (χ0) is 27.9. The van der Waals surface area contributed by atoms with Crippen LogP contribution < -0.4 is 10.4 Å². The monoisotopic (exact) mass is 540 g/mol. The number of amides is 1. The van der Waals surface area contributed by atoms with Gasteiger partial charge in [-0.3, -0.25) is 14.3 Å². The van der Waals surface area contributed by atoms with Gasteiger partial charge in [0.15, 0.2) is 0 Å². The molecule has 4 aromatic rings. The van der Waals surface area contributed by atoms with Gasteiger partial charge in [-0.2, -0.15) is 0 Å². The molecule has 0 atom stereocenters. The van der Waals surface area contributed by atoms with Crippen molar-refractivity contribution in [2.24, 2.45) is 0 Å². The number of piperidine rings is 1. The zero-order valence-corrected chi connectivity index (χ0v) is 23.6. The van der Waals surface area contributed by atoms with Gasteiger partial charge in [0.2, 0.25) is 0 Å². The van der Waals surface area contributed by atoms with Gasteiger partial charge in [-0.15, -0.1) is 0 Å². The van der Waals surface area contributed by atoms with E-state index in [0.29, 0.717) is 6.61 Å². The summed E-state index contributed by atoms with van der Waals surface area (Å²) in [6.07, 6.45) is 3.68. The number of ether oxygens (including phenoxy) is 1. The lowest BCUT2D eigenvalue weighted by atomic mass is 10.0. The molecule has 0 unspecified atom stereocenters. The summed E-state index contributed by atoms with van der Waals surface area (Å²) in [4.78, 5) is 32.4. The van der Waals surface area contributed by atoms with E-state index in [-0.39, 0.29) is 17.6 Å². The van der Waals surface area contributed by atoms with Gasteiger partial charge in [-0.25, -0.2) is 4.79 Å². The van der Waals surface area contributed by atoms with Crippen molar-refractivity contribution in [3.63, 3.8) is 0 Å². The minimum absolute atomic E-state index is 0.0105. The van der Waals surface area contributed by atoms with E-state index in [0.717, 1.165) is 80.8 Å². The number of aromatic amines is 1. The third-order valence-corrected chi connectivity index (χ3v) is 8.12. The molecular formula is C33H40N4O3. The van der Waals surface area contributed by atoms with Crippen molar-refractivity contribution < 1.29 is 9.53 Å². The average molecular weight is 541 g/mol. The van der Waals surface area contributed by atoms with Crippen LogP contribution in [0, 0.1) is 0 Å². The first kappa shape index (κ1) is 27.7. The third kappa shape index (κ3) is 6.31. The molecule has 40 heavy (non-hydrogen) atoms. The topological polar surface area (TPSA) is 70.6 Å². The highest BCUT2D eigenvalue weighted by Crippen LogP contribution is 2.25. The van der Waals surface area contributed by atoms with Crippen LogP contribution in [-0.2, 0) is 12.8 Å². The number of carbonyl (C=O) groups excluding carboxylic acids is 1. The Bertz CT molecular complexity index is 1460. The van der Waals surface area contributed by atoms with E-state index in [9.17, 15) is 9.59 Å². The van der Waals surface area contributed by atoms with Crippen LogP contribution in [0.25, 0.3) is 11.0 Å². The number of aryl methyl sites for hydroxylation is 2. The van der Waals surface area contributed by atoms with Crippen molar-refractivity contribution >= 4 is 16.9 Å².